The maximum Gasteiger partial charge on any atom is 0.299 e. The zero-order valence-corrected chi connectivity index (χ0v) is 17.5. The summed E-state index contributed by atoms with van der Waals surface area (Å²) >= 11 is 0. The maximum absolute atomic E-state index is 12.6. The van der Waals surface area contributed by atoms with E-state index in [0.29, 0.717) is 12.8 Å². The third kappa shape index (κ3) is 4.16. The van der Waals surface area contributed by atoms with E-state index in [1.807, 2.05) is 32.0 Å². The predicted molar refractivity (Wildman–Crippen MR) is 106 cm³/mol. The zero-order valence-electron chi connectivity index (χ0n) is 16.6. The van der Waals surface area contributed by atoms with Gasteiger partial charge in [-0.15, -0.1) is 0 Å². The van der Waals surface area contributed by atoms with Crippen molar-refractivity contribution in [1.29, 1.82) is 0 Å². The number of sulfonamides is 1. The lowest BCUT2D eigenvalue weighted by Crippen LogP contribution is -2.58. The second-order valence-corrected chi connectivity index (χ2v) is 9.30. The molecule has 0 bridgehead atoms. The minimum absolute atomic E-state index is 0.0639. The third-order valence-electron chi connectivity index (χ3n) is 5.17. The van der Waals surface area contributed by atoms with Gasteiger partial charge in [-0.05, 0) is 43.4 Å². The number of guanidine groups is 1. The summed E-state index contributed by atoms with van der Waals surface area (Å²) in [5.41, 5.74) is 3.03. The molecule has 10 heteroatoms. The van der Waals surface area contributed by atoms with E-state index in [-0.39, 0.29) is 24.8 Å². The summed E-state index contributed by atoms with van der Waals surface area (Å²) in [6.45, 7) is 4.26. The van der Waals surface area contributed by atoms with Crippen molar-refractivity contribution < 1.29 is 22.8 Å². The average Bonchev–Trinajstić information content (AvgIpc) is 2.67. The normalized spacial score (nSPS) is 21.8. The van der Waals surface area contributed by atoms with Gasteiger partial charge in [0.15, 0.2) is 6.04 Å². The molecule has 1 fully saturated rings. The molecular formula is C19H24N4O5S. The van der Waals surface area contributed by atoms with Crippen molar-refractivity contribution in [1.82, 2.24) is 14.5 Å². The molecule has 1 N–H and O–H groups in total. The first-order chi connectivity index (χ1) is 13.6. The second-order valence-electron chi connectivity index (χ2n) is 7.29. The number of carbonyl (C=O) groups excluding carboxylic acids is 3. The molecule has 1 atom stereocenters. The van der Waals surface area contributed by atoms with Gasteiger partial charge in [-0.25, -0.2) is 17.7 Å². The molecule has 3 rings (SSSR count). The standard InChI is InChI=1S/C19H24N4O5S/c1-12-6-7-14(10-13(12)2)11-20-17(25)15-16(24)18(26)22(3)19(21-15)23-8-4-5-9-29(23,27)28/h6-7,10,15H,4-5,8-9,11H2,1-3H3,(H,20,25). The molecule has 0 aliphatic carbocycles. The molecule has 0 spiro atoms. The first-order valence-electron chi connectivity index (χ1n) is 9.36. The Hall–Kier alpha value is -2.75. The number of benzene rings is 1. The SMILES string of the molecule is Cc1ccc(CNC(=O)C2N=C(N3CCCCS3(=O)=O)N(C)C(=O)C2=O)cc1C. The number of carbonyl (C=O) groups is 3. The van der Waals surface area contributed by atoms with E-state index in [0.717, 1.165) is 25.9 Å². The van der Waals surface area contributed by atoms with E-state index in [4.69, 9.17) is 0 Å². The Morgan fingerprint density at radius 1 is 1.21 bits per heavy atom. The van der Waals surface area contributed by atoms with Crippen molar-refractivity contribution >= 4 is 33.6 Å². The monoisotopic (exact) mass is 420 g/mol. The zero-order chi connectivity index (χ0) is 21.3. The van der Waals surface area contributed by atoms with Crippen LogP contribution in [0, 0.1) is 13.8 Å². The smallest absolute Gasteiger partial charge is 0.299 e. The Labute approximate surface area is 169 Å². The van der Waals surface area contributed by atoms with Crippen LogP contribution in [-0.2, 0) is 31.0 Å². The molecule has 1 saturated heterocycles. The number of amides is 2. The van der Waals surface area contributed by atoms with Crippen LogP contribution in [0.3, 0.4) is 0 Å². The molecule has 1 unspecified atom stereocenters. The largest absolute Gasteiger partial charge is 0.350 e. The third-order valence-corrected chi connectivity index (χ3v) is 6.99. The summed E-state index contributed by atoms with van der Waals surface area (Å²) in [6, 6.07) is 4.11. The van der Waals surface area contributed by atoms with Crippen molar-refractivity contribution in [2.75, 3.05) is 19.3 Å². The van der Waals surface area contributed by atoms with Gasteiger partial charge in [-0.2, -0.15) is 0 Å². The summed E-state index contributed by atoms with van der Waals surface area (Å²) in [7, 11) is -2.36. The average molecular weight is 420 g/mol. The van der Waals surface area contributed by atoms with Gasteiger partial charge in [0.05, 0.1) is 5.75 Å². The van der Waals surface area contributed by atoms with Gasteiger partial charge in [-0.3, -0.25) is 19.3 Å². The van der Waals surface area contributed by atoms with Crippen LogP contribution in [0.2, 0.25) is 0 Å². The number of nitrogens with zero attached hydrogens (tertiary/aromatic N) is 3. The summed E-state index contributed by atoms with van der Waals surface area (Å²) in [6.07, 6.45) is 1.13. The van der Waals surface area contributed by atoms with Gasteiger partial charge in [-0.1, -0.05) is 18.2 Å². The lowest BCUT2D eigenvalue weighted by atomic mass is 10.1. The Balaban J connectivity index is 1.83. The summed E-state index contributed by atoms with van der Waals surface area (Å²) in [5, 5.41) is 2.62. The van der Waals surface area contributed by atoms with E-state index in [2.05, 4.69) is 10.3 Å². The van der Waals surface area contributed by atoms with Crippen molar-refractivity contribution in [3.05, 3.63) is 34.9 Å². The van der Waals surface area contributed by atoms with Gasteiger partial charge < -0.3 is 5.32 Å². The van der Waals surface area contributed by atoms with Gasteiger partial charge >= 0.3 is 0 Å². The van der Waals surface area contributed by atoms with E-state index < -0.39 is 33.7 Å². The molecule has 0 aromatic heterocycles. The lowest BCUT2D eigenvalue weighted by Gasteiger charge is -2.35. The molecule has 29 heavy (non-hydrogen) atoms. The molecule has 0 saturated carbocycles. The molecule has 2 heterocycles. The number of ketones is 1. The Morgan fingerprint density at radius 3 is 2.59 bits per heavy atom. The van der Waals surface area contributed by atoms with E-state index in [9.17, 15) is 22.8 Å². The minimum atomic E-state index is -3.64. The van der Waals surface area contributed by atoms with E-state index in [1.165, 1.54) is 7.05 Å². The molecule has 156 valence electrons. The Morgan fingerprint density at radius 2 is 1.93 bits per heavy atom. The summed E-state index contributed by atoms with van der Waals surface area (Å²) in [4.78, 5) is 42.3. The number of rotatable bonds is 3. The molecule has 1 aromatic rings. The number of aryl methyl sites for hydroxylation is 2. The van der Waals surface area contributed by atoms with E-state index >= 15 is 0 Å². The molecule has 1 aromatic carbocycles. The van der Waals surface area contributed by atoms with Crippen LogP contribution in [0.4, 0.5) is 0 Å². The quantitative estimate of drug-likeness (QED) is 0.550. The lowest BCUT2D eigenvalue weighted by molar-refractivity contribution is -0.145. The maximum atomic E-state index is 12.6. The van der Waals surface area contributed by atoms with Crippen LogP contribution in [-0.4, -0.2) is 66.6 Å². The van der Waals surface area contributed by atoms with Gasteiger partial charge in [0, 0.05) is 20.1 Å². The van der Waals surface area contributed by atoms with Crippen LogP contribution in [0.5, 0.6) is 0 Å². The molecule has 2 aliphatic rings. The predicted octanol–water partition coefficient (Wildman–Crippen LogP) is 0.111. The molecule has 2 amide bonds. The number of aliphatic imine (C=N–C) groups is 1. The fourth-order valence-corrected chi connectivity index (χ4v) is 4.87. The van der Waals surface area contributed by atoms with Crippen molar-refractivity contribution in [3.8, 4) is 0 Å². The van der Waals surface area contributed by atoms with Crippen LogP contribution < -0.4 is 5.32 Å². The number of hydrogen-bond acceptors (Lipinski definition) is 6. The van der Waals surface area contributed by atoms with Crippen LogP contribution in [0.1, 0.15) is 29.5 Å². The molecule has 2 aliphatic heterocycles. The minimum Gasteiger partial charge on any atom is -0.350 e. The number of likely N-dealkylation sites (N-methyl/N-ethyl adjacent to an activating group) is 1. The van der Waals surface area contributed by atoms with Crippen molar-refractivity contribution in [2.24, 2.45) is 4.99 Å². The Kier molecular flexibility index (Phi) is 5.74. The topological polar surface area (TPSA) is 116 Å². The summed E-state index contributed by atoms with van der Waals surface area (Å²) in [5.74, 6) is -2.92. The first kappa shape index (κ1) is 21.0. The number of nitrogens with one attached hydrogen (secondary N) is 1. The Bertz CT molecular complexity index is 1000. The van der Waals surface area contributed by atoms with Gasteiger partial charge in [0.25, 0.3) is 17.6 Å². The van der Waals surface area contributed by atoms with E-state index in [1.54, 1.807) is 0 Å². The van der Waals surface area contributed by atoms with Crippen LogP contribution in [0.15, 0.2) is 23.2 Å². The van der Waals surface area contributed by atoms with Crippen LogP contribution in [0.25, 0.3) is 0 Å². The highest BCUT2D eigenvalue weighted by atomic mass is 32.2. The summed E-state index contributed by atoms with van der Waals surface area (Å²) < 4.78 is 25.8. The van der Waals surface area contributed by atoms with Gasteiger partial charge in [0.2, 0.25) is 16.0 Å². The molecule has 9 nitrogen and oxygen atoms in total. The van der Waals surface area contributed by atoms with Crippen LogP contribution >= 0.6 is 0 Å². The number of hydrogen-bond donors (Lipinski definition) is 1. The highest BCUT2D eigenvalue weighted by molar-refractivity contribution is 7.89. The van der Waals surface area contributed by atoms with Crippen molar-refractivity contribution in [3.63, 3.8) is 0 Å². The number of Topliss-reactive ketones (excluding diaryl/α,β-unsaturated/α-hetero) is 1. The van der Waals surface area contributed by atoms with Gasteiger partial charge in [0.1, 0.15) is 0 Å². The molecular weight excluding hydrogens is 396 g/mol. The first-order valence-corrected chi connectivity index (χ1v) is 11.0. The highest BCUT2D eigenvalue weighted by Gasteiger charge is 2.43. The molecule has 0 radical (unpaired) electrons. The fourth-order valence-electron chi connectivity index (χ4n) is 3.26. The fraction of sp³-hybridized carbons (Fsp3) is 0.474. The van der Waals surface area contributed by atoms with Crippen molar-refractivity contribution in [2.45, 2.75) is 39.3 Å². The second kappa shape index (κ2) is 7.94. The highest BCUT2D eigenvalue weighted by Crippen LogP contribution is 2.19.